The Kier molecular flexibility index (Phi) is 8.26. The molecule has 0 bridgehead atoms. The van der Waals surface area contributed by atoms with E-state index in [2.05, 4.69) is 5.32 Å². The Labute approximate surface area is 189 Å². The Morgan fingerprint density at radius 1 is 1.10 bits per heavy atom. The number of para-hydroxylation sites is 1. The third-order valence-corrected chi connectivity index (χ3v) is 7.84. The second-order valence-electron chi connectivity index (χ2n) is 7.71. The van der Waals surface area contributed by atoms with Crippen LogP contribution in [-0.2, 0) is 14.8 Å². The molecule has 2 aromatic carbocycles. The fraction of sp³-hybridized carbons (Fsp3) is 0.435. The molecule has 0 saturated heterocycles. The number of nitrogens with zero attached hydrogens (tertiary/aromatic N) is 1. The van der Waals surface area contributed by atoms with Crippen LogP contribution in [0, 0.1) is 0 Å². The quantitative estimate of drug-likeness (QED) is 0.529. The van der Waals surface area contributed by atoms with Crippen molar-refractivity contribution in [3.8, 4) is 11.5 Å². The normalized spacial score (nSPS) is 15.4. The molecule has 6 nitrogen and oxygen atoms in total. The van der Waals surface area contributed by atoms with Crippen LogP contribution in [-0.4, -0.2) is 44.2 Å². The average Bonchev–Trinajstić information content (AvgIpc) is 3.26. The minimum absolute atomic E-state index is 0.304. The number of benzene rings is 2. The van der Waals surface area contributed by atoms with Crippen LogP contribution in [0.5, 0.6) is 11.5 Å². The molecule has 8 heteroatoms. The lowest BCUT2D eigenvalue weighted by molar-refractivity contribution is -0.121. The fourth-order valence-electron chi connectivity index (χ4n) is 3.70. The van der Waals surface area contributed by atoms with Gasteiger partial charge in [0, 0.05) is 17.5 Å². The van der Waals surface area contributed by atoms with E-state index in [9.17, 15) is 13.2 Å². The summed E-state index contributed by atoms with van der Waals surface area (Å²) in [7, 11) is -3.65. The first-order valence-corrected chi connectivity index (χ1v) is 13.5. The molecule has 1 atom stereocenters. The smallest absolute Gasteiger partial charge is 0.243 e. The van der Waals surface area contributed by atoms with Gasteiger partial charge in [-0.1, -0.05) is 31.0 Å². The van der Waals surface area contributed by atoms with Crippen LogP contribution < -0.4 is 14.4 Å². The lowest BCUT2D eigenvalue weighted by Gasteiger charge is -2.28. The van der Waals surface area contributed by atoms with Crippen molar-refractivity contribution in [1.82, 2.24) is 5.32 Å². The van der Waals surface area contributed by atoms with Gasteiger partial charge in [-0.2, -0.15) is 11.8 Å². The molecule has 1 saturated carbocycles. The highest BCUT2D eigenvalue weighted by atomic mass is 32.2. The van der Waals surface area contributed by atoms with Gasteiger partial charge in [-0.15, -0.1) is 0 Å². The zero-order chi connectivity index (χ0) is 22.3. The number of anilines is 1. The number of thioether (sulfide) groups is 1. The van der Waals surface area contributed by atoms with E-state index >= 15 is 0 Å². The fourth-order valence-corrected chi connectivity index (χ4v) is 6.09. The van der Waals surface area contributed by atoms with E-state index in [0.717, 1.165) is 16.3 Å². The summed E-state index contributed by atoms with van der Waals surface area (Å²) in [4.78, 5) is 12.7. The van der Waals surface area contributed by atoms with E-state index in [4.69, 9.17) is 4.74 Å². The molecule has 1 fully saturated rings. The highest BCUT2D eigenvalue weighted by Crippen LogP contribution is 2.29. The summed E-state index contributed by atoms with van der Waals surface area (Å²) in [5.41, 5.74) is 0.422. The van der Waals surface area contributed by atoms with Crippen molar-refractivity contribution in [1.29, 1.82) is 0 Å². The predicted molar refractivity (Wildman–Crippen MR) is 127 cm³/mol. The van der Waals surface area contributed by atoms with Crippen molar-refractivity contribution in [2.75, 3.05) is 22.9 Å². The number of ether oxygens (including phenoxy) is 1. The minimum Gasteiger partial charge on any atom is -0.457 e. The minimum atomic E-state index is -3.65. The van der Waals surface area contributed by atoms with Gasteiger partial charge in [0.15, 0.2) is 0 Å². The molecule has 2 aromatic rings. The summed E-state index contributed by atoms with van der Waals surface area (Å²) < 4.78 is 31.9. The molecule has 1 N–H and O–H groups in total. The maximum Gasteiger partial charge on any atom is 0.243 e. The van der Waals surface area contributed by atoms with Gasteiger partial charge < -0.3 is 10.1 Å². The maximum absolute atomic E-state index is 12.7. The van der Waals surface area contributed by atoms with E-state index in [1.807, 2.05) is 42.1 Å². The first kappa shape index (κ1) is 23.5. The van der Waals surface area contributed by atoms with Crippen molar-refractivity contribution in [3.63, 3.8) is 0 Å². The molecular weight excluding hydrogens is 432 g/mol. The van der Waals surface area contributed by atoms with Crippen LogP contribution >= 0.6 is 11.8 Å². The number of nitrogens with one attached hydrogen (secondary N) is 1. The van der Waals surface area contributed by atoms with Crippen LogP contribution in [0.1, 0.15) is 32.6 Å². The standard InChI is InChI=1S/C23H30N2O4S2/c1-18(23(26)24-16-17-30-22-10-6-7-11-22)25(31(2,27)28)19-12-14-21(15-13-19)29-20-8-4-3-5-9-20/h3-5,8-9,12-15,18,22H,6-7,10-11,16-17H2,1-2H3,(H,24,26)/t18-/m0/s1. The first-order valence-electron chi connectivity index (χ1n) is 10.6. The van der Waals surface area contributed by atoms with Gasteiger partial charge in [0.2, 0.25) is 15.9 Å². The van der Waals surface area contributed by atoms with E-state index in [1.54, 1.807) is 31.2 Å². The maximum atomic E-state index is 12.7. The van der Waals surface area contributed by atoms with Crippen molar-refractivity contribution in [2.24, 2.45) is 0 Å². The highest BCUT2D eigenvalue weighted by molar-refractivity contribution is 7.99. The van der Waals surface area contributed by atoms with Crippen molar-refractivity contribution in [3.05, 3.63) is 54.6 Å². The van der Waals surface area contributed by atoms with Gasteiger partial charge in [-0.25, -0.2) is 8.42 Å². The molecule has 1 aliphatic carbocycles. The van der Waals surface area contributed by atoms with Crippen molar-refractivity contribution < 1.29 is 17.9 Å². The Bertz CT molecular complexity index is 943. The summed E-state index contributed by atoms with van der Waals surface area (Å²) in [6, 6.07) is 15.2. The zero-order valence-corrected chi connectivity index (χ0v) is 19.6. The van der Waals surface area contributed by atoms with Crippen molar-refractivity contribution in [2.45, 2.75) is 43.9 Å². The zero-order valence-electron chi connectivity index (χ0n) is 18.0. The first-order chi connectivity index (χ1) is 14.8. The molecule has 0 heterocycles. The number of hydrogen-bond donors (Lipinski definition) is 1. The average molecular weight is 463 g/mol. The van der Waals surface area contributed by atoms with Crippen LogP contribution in [0.3, 0.4) is 0 Å². The second-order valence-corrected chi connectivity index (χ2v) is 11.0. The summed E-state index contributed by atoms with van der Waals surface area (Å²) >= 11 is 1.89. The third kappa shape index (κ3) is 6.90. The van der Waals surface area contributed by atoms with E-state index < -0.39 is 16.1 Å². The SMILES string of the molecule is C[C@@H](C(=O)NCCSC1CCCC1)N(c1ccc(Oc2ccccc2)cc1)S(C)(=O)=O. The Balaban J connectivity index is 1.61. The molecule has 0 aromatic heterocycles. The lowest BCUT2D eigenvalue weighted by atomic mass is 10.2. The van der Waals surface area contributed by atoms with Crippen LogP contribution in [0.2, 0.25) is 0 Å². The summed E-state index contributed by atoms with van der Waals surface area (Å²) in [5, 5.41) is 3.58. The number of hydrogen-bond acceptors (Lipinski definition) is 5. The number of carbonyl (C=O) groups is 1. The third-order valence-electron chi connectivity index (χ3n) is 5.22. The highest BCUT2D eigenvalue weighted by Gasteiger charge is 2.29. The molecule has 0 aliphatic heterocycles. The van der Waals surface area contributed by atoms with Crippen molar-refractivity contribution >= 4 is 33.4 Å². The molecule has 31 heavy (non-hydrogen) atoms. The van der Waals surface area contributed by atoms with Crippen LogP contribution in [0.4, 0.5) is 5.69 Å². The van der Waals surface area contributed by atoms with Gasteiger partial charge >= 0.3 is 0 Å². The van der Waals surface area contributed by atoms with E-state index in [0.29, 0.717) is 29.0 Å². The van der Waals surface area contributed by atoms with Gasteiger partial charge in [-0.3, -0.25) is 9.10 Å². The molecular formula is C23H30N2O4S2. The number of sulfonamides is 1. The van der Waals surface area contributed by atoms with Crippen LogP contribution in [0.15, 0.2) is 54.6 Å². The Hall–Kier alpha value is -2.19. The largest absolute Gasteiger partial charge is 0.457 e. The summed E-state index contributed by atoms with van der Waals surface area (Å²) in [6.07, 6.45) is 6.20. The summed E-state index contributed by atoms with van der Waals surface area (Å²) in [6.45, 7) is 2.14. The monoisotopic (exact) mass is 462 g/mol. The topological polar surface area (TPSA) is 75.7 Å². The lowest BCUT2D eigenvalue weighted by Crippen LogP contribution is -2.48. The van der Waals surface area contributed by atoms with Crippen LogP contribution in [0.25, 0.3) is 0 Å². The van der Waals surface area contributed by atoms with E-state index in [1.165, 1.54) is 25.7 Å². The van der Waals surface area contributed by atoms with Gasteiger partial charge in [0.25, 0.3) is 0 Å². The molecule has 0 radical (unpaired) electrons. The summed E-state index contributed by atoms with van der Waals surface area (Å²) in [5.74, 6) is 1.82. The molecule has 168 valence electrons. The second kappa shape index (κ2) is 10.9. The van der Waals surface area contributed by atoms with Gasteiger partial charge in [0.1, 0.15) is 17.5 Å². The Morgan fingerprint density at radius 2 is 1.71 bits per heavy atom. The molecule has 0 spiro atoms. The molecule has 0 unspecified atom stereocenters. The molecule has 1 amide bonds. The Morgan fingerprint density at radius 3 is 2.32 bits per heavy atom. The van der Waals surface area contributed by atoms with E-state index in [-0.39, 0.29) is 5.91 Å². The number of carbonyl (C=O) groups excluding carboxylic acids is 1. The number of amides is 1. The van der Waals surface area contributed by atoms with Gasteiger partial charge in [-0.05, 0) is 56.2 Å². The molecule has 3 rings (SSSR count). The molecule has 1 aliphatic rings. The number of rotatable bonds is 10. The predicted octanol–water partition coefficient (Wildman–Crippen LogP) is 4.43. The van der Waals surface area contributed by atoms with Gasteiger partial charge in [0.05, 0.1) is 11.9 Å².